The number of pyridine rings is 1. The van der Waals surface area contributed by atoms with Crippen molar-refractivity contribution < 1.29 is 4.79 Å². The van der Waals surface area contributed by atoms with Gasteiger partial charge in [0.2, 0.25) is 5.91 Å². The predicted octanol–water partition coefficient (Wildman–Crippen LogP) is 4.20. The third kappa shape index (κ3) is 6.74. The van der Waals surface area contributed by atoms with Crippen molar-refractivity contribution in [2.45, 2.75) is 39.3 Å². The Morgan fingerprint density at radius 1 is 0.968 bits per heavy atom. The van der Waals surface area contributed by atoms with Crippen LogP contribution in [0.2, 0.25) is 0 Å². The highest BCUT2D eigenvalue weighted by atomic mass is 16.1. The molecule has 0 radical (unpaired) electrons. The lowest BCUT2D eigenvalue weighted by Crippen LogP contribution is -2.34. The number of amides is 1. The van der Waals surface area contributed by atoms with Crippen LogP contribution < -0.4 is 16.4 Å². The zero-order valence-electron chi connectivity index (χ0n) is 18.3. The average molecular weight is 417 g/mol. The minimum Gasteiger partial charge on any atom is -0.343 e. The van der Waals surface area contributed by atoms with E-state index in [0.29, 0.717) is 5.92 Å². The molecule has 3 rings (SSSR count). The molecule has 31 heavy (non-hydrogen) atoms. The molecule has 1 heterocycles. The summed E-state index contributed by atoms with van der Waals surface area (Å²) in [6.45, 7) is 5.95. The van der Waals surface area contributed by atoms with Gasteiger partial charge in [-0.1, -0.05) is 68.4 Å². The maximum Gasteiger partial charge on any atom is 0.228 e. The third-order valence-electron chi connectivity index (χ3n) is 5.24. The van der Waals surface area contributed by atoms with Crippen LogP contribution in [-0.2, 0) is 17.9 Å². The van der Waals surface area contributed by atoms with Gasteiger partial charge in [0.15, 0.2) is 0 Å². The van der Waals surface area contributed by atoms with Gasteiger partial charge in [-0.25, -0.2) is 0 Å². The average Bonchev–Trinajstić information content (AvgIpc) is 2.79. The van der Waals surface area contributed by atoms with Crippen LogP contribution in [0, 0.1) is 5.92 Å². The van der Waals surface area contributed by atoms with Gasteiger partial charge in [0.25, 0.3) is 0 Å². The quantitative estimate of drug-likeness (QED) is 0.433. The smallest absolute Gasteiger partial charge is 0.228 e. The maximum atomic E-state index is 12.6. The molecule has 1 atom stereocenters. The lowest BCUT2D eigenvalue weighted by atomic mass is 9.88. The topological polar surface area (TPSA) is 80.0 Å². The van der Waals surface area contributed by atoms with E-state index >= 15 is 0 Å². The fraction of sp³-hybridized carbons (Fsp3) is 0.308. The highest BCUT2D eigenvalue weighted by molar-refractivity contribution is 5.84. The van der Waals surface area contributed by atoms with Gasteiger partial charge in [-0.2, -0.15) is 0 Å². The molecule has 4 N–H and O–H groups in total. The fourth-order valence-corrected chi connectivity index (χ4v) is 3.68. The molecule has 1 amide bonds. The first-order chi connectivity index (χ1) is 15.1. The number of nitrogens with two attached hydrogens (primary N) is 1. The largest absolute Gasteiger partial charge is 0.343 e. The van der Waals surface area contributed by atoms with Crippen molar-refractivity contribution >= 4 is 5.91 Å². The van der Waals surface area contributed by atoms with Crippen LogP contribution >= 0.6 is 0 Å². The Balaban J connectivity index is 1.68. The standard InChI is InChI=1S/C26H32N4O/c1-19(2)14-25(26(31)30-18-27)23-7-5-6-22(15-23)21-11-9-20(10-12-21)16-28-17-24-8-3-4-13-29-24/h3-13,15,19,25,28H,14,16-18,27H2,1-2H3,(H,30,31)/t25-/m1/s1. The first-order valence-electron chi connectivity index (χ1n) is 10.8. The Bertz CT molecular complexity index is 955. The minimum absolute atomic E-state index is 0.0114. The molecule has 0 fully saturated rings. The van der Waals surface area contributed by atoms with Crippen molar-refractivity contribution in [2.75, 3.05) is 6.67 Å². The van der Waals surface area contributed by atoms with Crippen LogP contribution in [0.3, 0.4) is 0 Å². The number of carbonyl (C=O) groups is 1. The molecular weight excluding hydrogens is 384 g/mol. The van der Waals surface area contributed by atoms with Crippen molar-refractivity contribution in [1.82, 2.24) is 15.6 Å². The predicted molar refractivity (Wildman–Crippen MR) is 126 cm³/mol. The second-order valence-electron chi connectivity index (χ2n) is 8.17. The van der Waals surface area contributed by atoms with Gasteiger partial charge in [-0.05, 0) is 46.7 Å². The van der Waals surface area contributed by atoms with E-state index in [0.717, 1.165) is 41.9 Å². The van der Waals surface area contributed by atoms with E-state index in [2.05, 4.69) is 65.9 Å². The molecule has 5 nitrogen and oxygen atoms in total. The zero-order valence-corrected chi connectivity index (χ0v) is 18.3. The summed E-state index contributed by atoms with van der Waals surface area (Å²) in [7, 11) is 0. The molecule has 3 aromatic rings. The summed E-state index contributed by atoms with van der Waals surface area (Å²) in [6.07, 6.45) is 2.60. The van der Waals surface area contributed by atoms with Crippen LogP contribution in [0.25, 0.3) is 11.1 Å². The number of nitrogens with zero attached hydrogens (tertiary/aromatic N) is 1. The number of carbonyl (C=O) groups excluding carboxylic acids is 1. The lowest BCUT2D eigenvalue weighted by Gasteiger charge is -2.19. The molecule has 0 unspecified atom stereocenters. The van der Waals surface area contributed by atoms with E-state index in [-0.39, 0.29) is 18.5 Å². The second kappa shape index (κ2) is 11.4. The Kier molecular flexibility index (Phi) is 8.33. The lowest BCUT2D eigenvalue weighted by molar-refractivity contribution is -0.122. The number of hydrogen-bond acceptors (Lipinski definition) is 4. The van der Waals surface area contributed by atoms with Crippen molar-refractivity contribution in [3.8, 4) is 11.1 Å². The molecule has 0 spiro atoms. The maximum absolute atomic E-state index is 12.6. The van der Waals surface area contributed by atoms with Crippen LogP contribution in [0.1, 0.15) is 43.0 Å². The Labute approximate surface area is 185 Å². The number of rotatable bonds is 10. The van der Waals surface area contributed by atoms with E-state index in [4.69, 9.17) is 5.73 Å². The first-order valence-corrected chi connectivity index (χ1v) is 10.8. The number of benzene rings is 2. The molecule has 162 valence electrons. The highest BCUT2D eigenvalue weighted by Crippen LogP contribution is 2.28. The van der Waals surface area contributed by atoms with E-state index in [1.807, 2.05) is 36.5 Å². The van der Waals surface area contributed by atoms with E-state index in [9.17, 15) is 4.79 Å². The number of hydrogen-bond donors (Lipinski definition) is 3. The zero-order chi connectivity index (χ0) is 22.1. The summed E-state index contributed by atoms with van der Waals surface area (Å²) >= 11 is 0. The Morgan fingerprint density at radius 3 is 2.45 bits per heavy atom. The summed E-state index contributed by atoms with van der Waals surface area (Å²) in [5.41, 5.74) is 11.1. The van der Waals surface area contributed by atoms with Gasteiger partial charge in [0.05, 0.1) is 18.3 Å². The van der Waals surface area contributed by atoms with Crippen LogP contribution in [0.15, 0.2) is 72.9 Å². The Morgan fingerprint density at radius 2 is 1.77 bits per heavy atom. The SMILES string of the molecule is CC(C)C[C@@H](C(=O)NCN)c1cccc(-c2ccc(CNCc3ccccn3)cc2)c1. The Hall–Kier alpha value is -3.02. The molecule has 0 aliphatic heterocycles. The van der Waals surface area contributed by atoms with Gasteiger partial charge in [0, 0.05) is 19.3 Å². The molecule has 0 saturated heterocycles. The molecule has 2 aromatic carbocycles. The molecule has 5 heteroatoms. The van der Waals surface area contributed by atoms with E-state index < -0.39 is 0 Å². The normalized spacial score (nSPS) is 12.0. The van der Waals surface area contributed by atoms with Crippen molar-refractivity contribution in [2.24, 2.45) is 11.7 Å². The van der Waals surface area contributed by atoms with Crippen molar-refractivity contribution in [3.63, 3.8) is 0 Å². The van der Waals surface area contributed by atoms with E-state index in [1.165, 1.54) is 5.56 Å². The molecule has 0 saturated carbocycles. The van der Waals surface area contributed by atoms with Gasteiger partial charge < -0.3 is 16.4 Å². The summed E-state index contributed by atoms with van der Waals surface area (Å²) in [5.74, 6) is 0.205. The van der Waals surface area contributed by atoms with Crippen LogP contribution in [0.4, 0.5) is 0 Å². The van der Waals surface area contributed by atoms with Gasteiger partial charge in [-0.3, -0.25) is 9.78 Å². The molecule has 0 bridgehead atoms. The second-order valence-corrected chi connectivity index (χ2v) is 8.17. The van der Waals surface area contributed by atoms with E-state index in [1.54, 1.807) is 0 Å². The summed E-state index contributed by atoms with van der Waals surface area (Å²) < 4.78 is 0. The number of nitrogens with one attached hydrogen (secondary N) is 2. The summed E-state index contributed by atoms with van der Waals surface area (Å²) in [4.78, 5) is 16.9. The molecule has 1 aromatic heterocycles. The molecule has 0 aliphatic carbocycles. The van der Waals surface area contributed by atoms with Crippen LogP contribution in [0.5, 0.6) is 0 Å². The van der Waals surface area contributed by atoms with Crippen LogP contribution in [-0.4, -0.2) is 17.6 Å². The summed E-state index contributed by atoms with van der Waals surface area (Å²) in [5, 5.41) is 6.20. The molecule has 0 aliphatic rings. The van der Waals surface area contributed by atoms with Crippen molar-refractivity contribution in [1.29, 1.82) is 0 Å². The summed E-state index contributed by atoms with van der Waals surface area (Å²) in [6, 6.07) is 22.7. The molecular formula is C26H32N4O. The number of aromatic nitrogens is 1. The van der Waals surface area contributed by atoms with Crippen molar-refractivity contribution in [3.05, 3.63) is 89.7 Å². The van der Waals surface area contributed by atoms with Gasteiger partial charge in [0.1, 0.15) is 0 Å². The fourth-order valence-electron chi connectivity index (χ4n) is 3.68. The minimum atomic E-state index is -0.196. The van der Waals surface area contributed by atoms with Gasteiger partial charge >= 0.3 is 0 Å². The monoisotopic (exact) mass is 416 g/mol. The van der Waals surface area contributed by atoms with Gasteiger partial charge in [-0.15, -0.1) is 0 Å². The first kappa shape index (κ1) is 22.7. The third-order valence-corrected chi connectivity index (χ3v) is 5.24. The highest BCUT2D eigenvalue weighted by Gasteiger charge is 2.21.